The van der Waals surface area contributed by atoms with Crippen molar-refractivity contribution in [3.05, 3.63) is 0 Å². The van der Waals surface area contributed by atoms with E-state index in [0.717, 1.165) is 19.3 Å². The van der Waals surface area contributed by atoms with Crippen molar-refractivity contribution in [3.63, 3.8) is 0 Å². The Hall–Kier alpha value is -0.620. The smallest absolute Gasteiger partial charge is 0.304 e. The van der Waals surface area contributed by atoms with Gasteiger partial charge in [0.1, 0.15) is 0 Å². The van der Waals surface area contributed by atoms with E-state index in [1.54, 1.807) is 0 Å². The lowest BCUT2D eigenvalue weighted by Crippen LogP contribution is -2.55. The fraction of sp³-hybridized carbons (Fsp3) is 0.929. The SMILES string of the molecule is CC1CCC(N2CCS(=O)(=O)CC2CC(=O)O)CC1C. The average molecular weight is 303 g/mol. The lowest BCUT2D eigenvalue weighted by molar-refractivity contribution is -0.138. The van der Waals surface area contributed by atoms with Crippen molar-refractivity contribution in [2.75, 3.05) is 18.1 Å². The lowest BCUT2D eigenvalue weighted by atomic mass is 9.78. The molecule has 116 valence electrons. The van der Waals surface area contributed by atoms with Gasteiger partial charge in [-0.2, -0.15) is 0 Å². The van der Waals surface area contributed by atoms with Crippen molar-refractivity contribution in [1.82, 2.24) is 4.90 Å². The highest BCUT2D eigenvalue weighted by atomic mass is 32.2. The fourth-order valence-electron chi connectivity index (χ4n) is 3.58. The van der Waals surface area contributed by atoms with Gasteiger partial charge in [-0.1, -0.05) is 13.8 Å². The second-order valence-electron chi connectivity index (χ2n) is 6.53. The lowest BCUT2D eigenvalue weighted by Gasteiger charge is -2.44. The Labute approximate surface area is 121 Å². The number of carbonyl (C=O) groups is 1. The highest BCUT2D eigenvalue weighted by molar-refractivity contribution is 7.91. The molecule has 2 rings (SSSR count). The largest absolute Gasteiger partial charge is 0.481 e. The summed E-state index contributed by atoms with van der Waals surface area (Å²) in [4.78, 5) is 13.2. The van der Waals surface area contributed by atoms with Crippen LogP contribution in [0.4, 0.5) is 0 Å². The predicted molar refractivity (Wildman–Crippen MR) is 77.4 cm³/mol. The van der Waals surface area contributed by atoms with Crippen molar-refractivity contribution in [2.24, 2.45) is 11.8 Å². The minimum absolute atomic E-state index is 0.000263. The van der Waals surface area contributed by atoms with E-state index in [1.165, 1.54) is 0 Å². The number of rotatable bonds is 3. The number of carboxylic acids is 1. The monoisotopic (exact) mass is 303 g/mol. The highest BCUT2D eigenvalue weighted by Gasteiger charge is 2.38. The van der Waals surface area contributed by atoms with E-state index in [0.29, 0.717) is 24.4 Å². The summed E-state index contributed by atoms with van der Waals surface area (Å²) < 4.78 is 23.5. The Kier molecular flexibility index (Phi) is 4.74. The first kappa shape index (κ1) is 15.8. The molecular formula is C14H25NO4S. The molecule has 0 aromatic rings. The molecule has 1 saturated carbocycles. The van der Waals surface area contributed by atoms with Gasteiger partial charge in [0, 0.05) is 18.6 Å². The number of sulfone groups is 1. The Morgan fingerprint density at radius 2 is 1.95 bits per heavy atom. The molecule has 0 amide bonds. The summed E-state index contributed by atoms with van der Waals surface area (Å²) >= 11 is 0. The summed E-state index contributed by atoms with van der Waals surface area (Å²) in [6.45, 7) is 4.99. The van der Waals surface area contributed by atoms with Gasteiger partial charge in [0.05, 0.1) is 17.9 Å². The molecule has 0 aromatic carbocycles. The van der Waals surface area contributed by atoms with Crippen LogP contribution in [-0.2, 0) is 14.6 Å². The van der Waals surface area contributed by atoms with E-state index >= 15 is 0 Å². The molecule has 1 saturated heterocycles. The molecule has 20 heavy (non-hydrogen) atoms. The first-order chi connectivity index (χ1) is 9.28. The third-order valence-electron chi connectivity index (χ3n) is 5.03. The standard InChI is InChI=1S/C14H25NO4S/c1-10-3-4-12(7-11(10)2)15-5-6-20(18,19)9-13(15)8-14(16)17/h10-13H,3-9H2,1-2H3,(H,16,17). The van der Waals surface area contributed by atoms with Gasteiger partial charge in [0.15, 0.2) is 9.84 Å². The topological polar surface area (TPSA) is 74.7 Å². The molecule has 1 heterocycles. The van der Waals surface area contributed by atoms with Crippen LogP contribution in [0.25, 0.3) is 0 Å². The molecule has 5 nitrogen and oxygen atoms in total. The van der Waals surface area contributed by atoms with Gasteiger partial charge in [-0.3, -0.25) is 9.69 Å². The van der Waals surface area contributed by atoms with E-state index in [1.807, 2.05) is 0 Å². The van der Waals surface area contributed by atoms with E-state index in [2.05, 4.69) is 18.7 Å². The third-order valence-corrected chi connectivity index (χ3v) is 6.72. The Bertz CT molecular complexity index is 462. The summed E-state index contributed by atoms with van der Waals surface area (Å²) in [5.41, 5.74) is 0. The normalized spacial score (nSPS) is 38.5. The molecule has 2 fully saturated rings. The van der Waals surface area contributed by atoms with E-state index in [9.17, 15) is 13.2 Å². The van der Waals surface area contributed by atoms with Crippen LogP contribution < -0.4 is 0 Å². The highest BCUT2D eigenvalue weighted by Crippen LogP contribution is 2.34. The molecule has 1 N–H and O–H groups in total. The maximum absolute atomic E-state index is 11.8. The second-order valence-corrected chi connectivity index (χ2v) is 8.75. The minimum atomic E-state index is -3.08. The zero-order chi connectivity index (χ0) is 14.9. The maximum atomic E-state index is 11.8. The summed E-state index contributed by atoms with van der Waals surface area (Å²) in [5.74, 6) is 0.591. The van der Waals surface area contributed by atoms with Gasteiger partial charge < -0.3 is 5.11 Å². The zero-order valence-electron chi connectivity index (χ0n) is 12.3. The van der Waals surface area contributed by atoms with Crippen LogP contribution in [0.5, 0.6) is 0 Å². The number of nitrogens with zero attached hydrogens (tertiary/aromatic N) is 1. The summed E-state index contributed by atoms with van der Waals surface area (Å²) in [7, 11) is -3.08. The fourth-order valence-corrected chi connectivity index (χ4v) is 5.13. The van der Waals surface area contributed by atoms with Gasteiger partial charge in [0.2, 0.25) is 0 Å². The van der Waals surface area contributed by atoms with Gasteiger partial charge >= 0.3 is 5.97 Å². The molecule has 1 aliphatic carbocycles. The quantitative estimate of drug-likeness (QED) is 0.852. The number of carboxylic acid groups (broad SMARTS) is 1. The second kappa shape index (κ2) is 6.02. The third kappa shape index (κ3) is 3.73. The van der Waals surface area contributed by atoms with Crippen LogP contribution >= 0.6 is 0 Å². The number of aliphatic carboxylic acids is 1. The molecule has 4 unspecified atom stereocenters. The van der Waals surface area contributed by atoms with Crippen molar-refractivity contribution in [1.29, 1.82) is 0 Å². The Morgan fingerprint density at radius 3 is 2.55 bits per heavy atom. The van der Waals surface area contributed by atoms with E-state index in [4.69, 9.17) is 5.11 Å². The Morgan fingerprint density at radius 1 is 1.25 bits per heavy atom. The van der Waals surface area contributed by atoms with Gasteiger partial charge in [-0.25, -0.2) is 8.42 Å². The molecule has 4 atom stereocenters. The predicted octanol–water partition coefficient (Wildman–Crippen LogP) is 1.38. The van der Waals surface area contributed by atoms with Crippen molar-refractivity contribution in [2.45, 2.75) is 51.6 Å². The van der Waals surface area contributed by atoms with Crippen molar-refractivity contribution >= 4 is 15.8 Å². The Balaban J connectivity index is 2.09. The first-order valence-corrected chi connectivity index (χ1v) is 9.28. The molecule has 0 spiro atoms. The molecule has 0 aromatic heterocycles. The molecule has 0 radical (unpaired) electrons. The van der Waals surface area contributed by atoms with Crippen molar-refractivity contribution < 1.29 is 18.3 Å². The summed E-state index contributed by atoms with van der Waals surface area (Å²) in [6, 6.07) is -0.00194. The molecule has 1 aliphatic heterocycles. The summed E-state index contributed by atoms with van der Waals surface area (Å²) in [6.07, 6.45) is 3.19. The summed E-state index contributed by atoms with van der Waals surface area (Å²) in [5, 5.41) is 9.02. The zero-order valence-corrected chi connectivity index (χ0v) is 13.1. The van der Waals surface area contributed by atoms with E-state index < -0.39 is 15.8 Å². The number of hydrogen-bond donors (Lipinski definition) is 1. The van der Waals surface area contributed by atoms with Crippen LogP contribution in [0, 0.1) is 11.8 Å². The van der Waals surface area contributed by atoms with Crippen LogP contribution in [0.1, 0.15) is 39.5 Å². The average Bonchev–Trinajstić information content (AvgIpc) is 2.31. The minimum Gasteiger partial charge on any atom is -0.481 e. The van der Waals surface area contributed by atoms with Crippen LogP contribution in [-0.4, -0.2) is 54.5 Å². The van der Waals surface area contributed by atoms with Gasteiger partial charge in [0.25, 0.3) is 0 Å². The van der Waals surface area contributed by atoms with Gasteiger partial charge in [-0.15, -0.1) is 0 Å². The van der Waals surface area contributed by atoms with Crippen LogP contribution in [0.2, 0.25) is 0 Å². The maximum Gasteiger partial charge on any atom is 0.304 e. The molecule has 0 bridgehead atoms. The number of hydrogen-bond acceptors (Lipinski definition) is 4. The van der Waals surface area contributed by atoms with Crippen molar-refractivity contribution in [3.8, 4) is 0 Å². The molecular weight excluding hydrogens is 278 g/mol. The first-order valence-electron chi connectivity index (χ1n) is 7.46. The molecule has 2 aliphatic rings. The van der Waals surface area contributed by atoms with Crippen LogP contribution in [0.15, 0.2) is 0 Å². The van der Waals surface area contributed by atoms with Gasteiger partial charge in [-0.05, 0) is 31.1 Å². The van der Waals surface area contributed by atoms with E-state index in [-0.39, 0.29) is 24.0 Å². The molecule has 6 heteroatoms. The van der Waals surface area contributed by atoms with Crippen LogP contribution in [0.3, 0.4) is 0 Å².